The highest BCUT2D eigenvalue weighted by atomic mass is 32.1. The molecule has 1 aliphatic heterocycles. The Kier molecular flexibility index (Phi) is 4.43. The molecule has 0 saturated carbocycles. The molecule has 1 atom stereocenters. The number of rotatable bonds is 4. The van der Waals surface area contributed by atoms with Gasteiger partial charge in [-0.05, 0) is 19.4 Å². The fourth-order valence-corrected chi connectivity index (χ4v) is 3.50. The molecule has 1 fully saturated rings. The number of hydrogen-bond donors (Lipinski definition) is 0. The van der Waals surface area contributed by atoms with Crippen LogP contribution >= 0.6 is 11.3 Å². The van der Waals surface area contributed by atoms with Crippen molar-refractivity contribution in [2.75, 3.05) is 6.54 Å². The number of amides is 2. The maximum absolute atomic E-state index is 12.6. The molecule has 120 valence electrons. The Morgan fingerprint density at radius 1 is 1.22 bits per heavy atom. The summed E-state index contributed by atoms with van der Waals surface area (Å²) in [4.78, 5) is 32.7. The summed E-state index contributed by atoms with van der Waals surface area (Å²) >= 11 is 1.52. The molecule has 2 heterocycles. The first kappa shape index (κ1) is 15.7. The van der Waals surface area contributed by atoms with Gasteiger partial charge in [-0.2, -0.15) is 0 Å². The van der Waals surface area contributed by atoms with Gasteiger partial charge in [0.1, 0.15) is 17.6 Å². The van der Waals surface area contributed by atoms with Crippen molar-refractivity contribution in [3.8, 4) is 0 Å². The number of hydrogen-bond acceptors (Lipinski definition) is 4. The number of thiazole rings is 1. The van der Waals surface area contributed by atoms with Crippen molar-refractivity contribution in [1.29, 1.82) is 0 Å². The lowest BCUT2D eigenvalue weighted by molar-refractivity contribution is -0.156. The van der Waals surface area contributed by atoms with Crippen molar-refractivity contribution >= 4 is 23.2 Å². The van der Waals surface area contributed by atoms with Gasteiger partial charge in [0.15, 0.2) is 0 Å². The average Bonchev–Trinajstić information content (AvgIpc) is 2.95. The van der Waals surface area contributed by atoms with Crippen molar-refractivity contribution in [1.82, 2.24) is 14.8 Å². The molecule has 0 unspecified atom stereocenters. The number of benzene rings is 1. The smallest absolute Gasteiger partial charge is 0.245 e. The molecule has 0 aliphatic carbocycles. The van der Waals surface area contributed by atoms with E-state index in [1.807, 2.05) is 42.6 Å². The SMILES string of the molecule is Cc1csc(CN2C(=O)CN(Cc3ccccc3)C(=O)[C@H]2C)n1. The van der Waals surface area contributed by atoms with Crippen LogP contribution in [0.4, 0.5) is 0 Å². The second kappa shape index (κ2) is 6.50. The van der Waals surface area contributed by atoms with E-state index in [0.717, 1.165) is 16.3 Å². The Morgan fingerprint density at radius 2 is 1.96 bits per heavy atom. The summed E-state index contributed by atoms with van der Waals surface area (Å²) in [6, 6.07) is 9.29. The molecule has 1 aliphatic rings. The van der Waals surface area contributed by atoms with Gasteiger partial charge in [0.05, 0.1) is 6.54 Å². The summed E-state index contributed by atoms with van der Waals surface area (Å²) in [5.74, 6) is -0.0392. The number of nitrogens with zero attached hydrogens (tertiary/aromatic N) is 3. The summed E-state index contributed by atoms with van der Waals surface area (Å²) in [6.07, 6.45) is 0. The van der Waals surface area contributed by atoms with Crippen LogP contribution in [0.3, 0.4) is 0 Å². The summed E-state index contributed by atoms with van der Waals surface area (Å²) in [7, 11) is 0. The first-order valence-corrected chi connectivity index (χ1v) is 8.46. The van der Waals surface area contributed by atoms with Gasteiger partial charge < -0.3 is 9.80 Å². The highest BCUT2D eigenvalue weighted by Gasteiger charge is 2.36. The van der Waals surface area contributed by atoms with Gasteiger partial charge in [-0.15, -0.1) is 11.3 Å². The highest BCUT2D eigenvalue weighted by Crippen LogP contribution is 2.20. The number of carbonyl (C=O) groups is 2. The fourth-order valence-electron chi connectivity index (χ4n) is 2.73. The molecule has 6 heteroatoms. The monoisotopic (exact) mass is 329 g/mol. The Labute approximate surface area is 139 Å². The number of piperazine rings is 1. The molecule has 1 saturated heterocycles. The standard InChI is InChI=1S/C17H19N3O2S/c1-12-11-23-15(18-12)9-20-13(2)17(22)19(10-16(20)21)8-14-6-4-3-5-7-14/h3-7,11,13H,8-10H2,1-2H3/t13-/m1/s1. The van der Waals surface area contributed by atoms with E-state index in [-0.39, 0.29) is 18.4 Å². The molecule has 0 N–H and O–H groups in total. The van der Waals surface area contributed by atoms with Crippen LogP contribution in [-0.4, -0.2) is 39.2 Å². The lowest BCUT2D eigenvalue weighted by Gasteiger charge is -2.38. The van der Waals surface area contributed by atoms with Crippen LogP contribution in [-0.2, 0) is 22.7 Å². The molecule has 0 bridgehead atoms. The minimum atomic E-state index is -0.454. The maximum Gasteiger partial charge on any atom is 0.245 e. The third-order valence-corrected chi connectivity index (χ3v) is 4.92. The van der Waals surface area contributed by atoms with Gasteiger partial charge in [0, 0.05) is 17.6 Å². The van der Waals surface area contributed by atoms with Gasteiger partial charge in [0.2, 0.25) is 11.8 Å². The van der Waals surface area contributed by atoms with Gasteiger partial charge in [-0.3, -0.25) is 9.59 Å². The van der Waals surface area contributed by atoms with Gasteiger partial charge in [-0.25, -0.2) is 4.98 Å². The van der Waals surface area contributed by atoms with Crippen LogP contribution in [0.25, 0.3) is 0 Å². The molecule has 5 nitrogen and oxygen atoms in total. The Bertz CT molecular complexity index is 714. The van der Waals surface area contributed by atoms with E-state index in [9.17, 15) is 9.59 Å². The number of carbonyl (C=O) groups excluding carboxylic acids is 2. The van der Waals surface area contributed by atoms with Crippen molar-refractivity contribution in [2.45, 2.75) is 33.0 Å². The Morgan fingerprint density at radius 3 is 2.61 bits per heavy atom. The zero-order valence-corrected chi connectivity index (χ0v) is 14.0. The minimum absolute atomic E-state index is 0.0123. The van der Waals surface area contributed by atoms with Crippen LogP contribution in [0.1, 0.15) is 23.2 Å². The molecule has 2 amide bonds. The summed E-state index contributed by atoms with van der Waals surface area (Å²) in [5, 5.41) is 2.82. The molecule has 0 spiro atoms. The Balaban J connectivity index is 1.71. The highest BCUT2D eigenvalue weighted by molar-refractivity contribution is 7.09. The summed E-state index contributed by atoms with van der Waals surface area (Å²) in [5.41, 5.74) is 1.98. The predicted molar refractivity (Wildman–Crippen MR) is 88.7 cm³/mol. The van der Waals surface area contributed by atoms with Gasteiger partial charge in [0.25, 0.3) is 0 Å². The van der Waals surface area contributed by atoms with E-state index in [2.05, 4.69) is 4.98 Å². The normalized spacial score (nSPS) is 18.6. The van der Waals surface area contributed by atoms with Crippen LogP contribution in [0.15, 0.2) is 35.7 Å². The van der Waals surface area contributed by atoms with Gasteiger partial charge >= 0.3 is 0 Å². The van der Waals surface area contributed by atoms with E-state index in [1.165, 1.54) is 11.3 Å². The molecular formula is C17H19N3O2S. The van der Waals surface area contributed by atoms with Crippen molar-refractivity contribution in [3.63, 3.8) is 0 Å². The van der Waals surface area contributed by atoms with Crippen molar-refractivity contribution in [3.05, 3.63) is 52.0 Å². The maximum atomic E-state index is 12.6. The van der Waals surface area contributed by atoms with E-state index in [4.69, 9.17) is 0 Å². The van der Waals surface area contributed by atoms with E-state index in [1.54, 1.807) is 16.7 Å². The molecule has 2 aromatic rings. The van der Waals surface area contributed by atoms with Crippen LogP contribution in [0.5, 0.6) is 0 Å². The lowest BCUT2D eigenvalue weighted by atomic mass is 10.1. The third-order valence-electron chi connectivity index (χ3n) is 3.97. The third kappa shape index (κ3) is 3.42. The van der Waals surface area contributed by atoms with Crippen molar-refractivity contribution in [2.24, 2.45) is 0 Å². The topological polar surface area (TPSA) is 53.5 Å². The van der Waals surface area contributed by atoms with Crippen molar-refractivity contribution < 1.29 is 9.59 Å². The number of aromatic nitrogens is 1. The number of aryl methyl sites for hydroxylation is 1. The van der Waals surface area contributed by atoms with E-state index in [0.29, 0.717) is 13.1 Å². The quantitative estimate of drug-likeness (QED) is 0.864. The minimum Gasteiger partial charge on any atom is -0.327 e. The van der Waals surface area contributed by atoms with E-state index < -0.39 is 6.04 Å². The molecule has 1 aromatic heterocycles. The zero-order chi connectivity index (χ0) is 16.4. The predicted octanol–water partition coefficient (Wildman–Crippen LogP) is 2.21. The molecule has 3 rings (SSSR count). The lowest BCUT2D eigenvalue weighted by Crippen LogP contribution is -2.57. The molecular weight excluding hydrogens is 310 g/mol. The summed E-state index contributed by atoms with van der Waals surface area (Å²) in [6.45, 7) is 4.72. The van der Waals surface area contributed by atoms with Gasteiger partial charge in [-0.1, -0.05) is 30.3 Å². The first-order chi connectivity index (χ1) is 11.0. The molecule has 1 aromatic carbocycles. The second-order valence-electron chi connectivity index (χ2n) is 5.76. The molecule has 23 heavy (non-hydrogen) atoms. The van der Waals surface area contributed by atoms with Crippen LogP contribution in [0.2, 0.25) is 0 Å². The van der Waals surface area contributed by atoms with E-state index >= 15 is 0 Å². The first-order valence-electron chi connectivity index (χ1n) is 7.58. The molecule has 0 radical (unpaired) electrons. The summed E-state index contributed by atoms with van der Waals surface area (Å²) < 4.78 is 0. The average molecular weight is 329 g/mol. The second-order valence-corrected chi connectivity index (χ2v) is 6.70. The largest absolute Gasteiger partial charge is 0.327 e. The zero-order valence-electron chi connectivity index (χ0n) is 13.2. The van der Waals surface area contributed by atoms with Crippen LogP contribution < -0.4 is 0 Å². The fraction of sp³-hybridized carbons (Fsp3) is 0.353. The van der Waals surface area contributed by atoms with Crippen LogP contribution in [0, 0.1) is 6.92 Å². The Hall–Kier alpha value is -2.21.